The van der Waals surface area contributed by atoms with Gasteiger partial charge in [0, 0.05) is 36.1 Å². The monoisotopic (exact) mass is 486 g/mol. The van der Waals surface area contributed by atoms with Gasteiger partial charge < -0.3 is 4.90 Å². The van der Waals surface area contributed by atoms with Crippen LogP contribution in [0.1, 0.15) is 10.4 Å². The SMILES string of the molecule is CN(C)CCn1cnc2sc3c(c2c1=O)CCN(S(=O)(=O)c1cc(Cl)ccc1Cl)C3. The number of hydrogen-bond donors (Lipinski definition) is 0. The zero-order valence-corrected chi connectivity index (χ0v) is 19.6. The molecular formula is C19H20Cl2N4O3S2. The molecule has 1 aromatic carbocycles. The molecule has 0 N–H and O–H groups in total. The highest BCUT2D eigenvalue weighted by molar-refractivity contribution is 7.89. The van der Waals surface area contributed by atoms with Gasteiger partial charge >= 0.3 is 0 Å². The number of likely N-dealkylation sites (N-methyl/N-ethyl adjacent to an activating group) is 1. The molecule has 0 spiro atoms. The number of hydrogen-bond acceptors (Lipinski definition) is 6. The van der Waals surface area contributed by atoms with Crippen LogP contribution in [0.2, 0.25) is 10.0 Å². The number of thiophene rings is 1. The molecule has 11 heteroatoms. The predicted octanol–water partition coefficient (Wildman–Crippen LogP) is 3.07. The normalized spacial score (nSPS) is 15.1. The summed E-state index contributed by atoms with van der Waals surface area (Å²) < 4.78 is 29.3. The summed E-state index contributed by atoms with van der Waals surface area (Å²) in [5.74, 6) is 0. The van der Waals surface area contributed by atoms with E-state index in [0.29, 0.717) is 28.2 Å². The van der Waals surface area contributed by atoms with Gasteiger partial charge in [0.1, 0.15) is 9.73 Å². The minimum absolute atomic E-state index is 0.00889. The van der Waals surface area contributed by atoms with Gasteiger partial charge in [-0.1, -0.05) is 23.2 Å². The van der Waals surface area contributed by atoms with Crippen molar-refractivity contribution in [2.24, 2.45) is 0 Å². The summed E-state index contributed by atoms with van der Waals surface area (Å²) in [6.07, 6.45) is 2.01. The average molecular weight is 487 g/mol. The number of sulfonamides is 1. The number of benzene rings is 1. The van der Waals surface area contributed by atoms with E-state index in [-0.39, 0.29) is 28.6 Å². The van der Waals surface area contributed by atoms with Gasteiger partial charge in [0.15, 0.2) is 0 Å². The first-order chi connectivity index (χ1) is 14.2. The molecule has 1 aliphatic rings. The first-order valence-electron chi connectivity index (χ1n) is 9.28. The zero-order valence-electron chi connectivity index (χ0n) is 16.4. The van der Waals surface area contributed by atoms with Crippen molar-refractivity contribution >= 4 is 54.8 Å². The van der Waals surface area contributed by atoms with E-state index in [4.69, 9.17) is 23.2 Å². The largest absolute Gasteiger partial charge is 0.308 e. The fourth-order valence-corrected chi connectivity index (χ4v) is 6.90. The van der Waals surface area contributed by atoms with Crippen LogP contribution in [0.5, 0.6) is 0 Å². The van der Waals surface area contributed by atoms with Crippen LogP contribution in [0.25, 0.3) is 10.2 Å². The van der Waals surface area contributed by atoms with Gasteiger partial charge in [0.2, 0.25) is 10.0 Å². The number of halogens is 2. The Morgan fingerprint density at radius 2 is 2.03 bits per heavy atom. The zero-order chi connectivity index (χ0) is 21.6. The molecule has 0 unspecified atom stereocenters. The van der Waals surface area contributed by atoms with E-state index in [0.717, 1.165) is 17.0 Å². The second-order valence-electron chi connectivity index (χ2n) is 7.39. The smallest absolute Gasteiger partial charge is 0.262 e. The summed E-state index contributed by atoms with van der Waals surface area (Å²) in [6, 6.07) is 4.40. The van der Waals surface area contributed by atoms with Gasteiger partial charge in [0.25, 0.3) is 5.56 Å². The van der Waals surface area contributed by atoms with Crippen molar-refractivity contribution in [1.29, 1.82) is 0 Å². The van der Waals surface area contributed by atoms with Crippen molar-refractivity contribution in [3.8, 4) is 0 Å². The summed E-state index contributed by atoms with van der Waals surface area (Å²) in [5, 5.41) is 1.04. The van der Waals surface area contributed by atoms with Gasteiger partial charge in [-0.05, 0) is 44.3 Å². The highest BCUT2D eigenvalue weighted by Crippen LogP contribution is 2.36. The molecule has 0 aliphatic carbocycles. The molecule has 0 saturated carbocycles. The molecule has 0 saturated heterocycles. The maximum Gasteiger partial charge on any atom is 0.262 e. The van der Waals surface area contributed by atoms with E-state index in [1.165, 1.54) is 27.8 Å². The maximum absolute atomic E-state index is 13.2. The summed E-state index contributed by atoms with van der Waals surface area (Å²) in [7, 11) is 0.0807. The Morgan fingerprint density at radius 1 is 1.27 bits per heavy atom. The van der Waals surface area contributed by atoms with Crippen molar-refractivity contribution in [1.82, 2.24) is 18.8 Å². The molecule has 0 atom stereocenters. The fourth-order valence-electron chi connectivity index (χ4n) is 3.48. The van der Waals surface area contributed by atoms with Crippen molar-refractivity contribution in [2.75, 3.05) is 27.2 Å². The summed E-state index contributed by atoms with van der Waals surface area (Å²) in [5.41, 5.74) is 0.823. The summed E-state index contributed by atoms with van der Waals surface area (Å²) in [6.45, 7) is 1.72. The Hall–Kier alpha value is -1.49. The van der Waals surface area contributed by atoms with Crippen LogP contribution in [0.15, 0.2) is 34.2 Å². The van der Waals surface area contributed by atoms with Crippen molar-refractivity contribution in [3.05, 3.63) is 55.4 Å². The highest BCUT2D eigenvalue weighted by Gasteiger charge is 2.32. The van der Waals surface area contributed by atoms with E-state index in [2.05, 4.69) is 4.98 Å². The third-order valence-electron chi connectivity index (χ3n) is 5.09. The molecule has 3 aromatic rings. The topological polar surface area (TPSA) is 75.5 Å². The molecule has 3 heterocycles. The van der Waals surface area contributed by atoms with Crippen LogP contribution < -0.4 is 5.56 Å². The van der Waals surface area contributed by atoms with Crippen LogP contribution in [-0.4, -0.2) is 54.4 Å². The quantitative estimate of drug-likeness (QED) is 0.553. The maximum atomic E-state index is 13.2. The van der Waals surface area contributed by atoms with E-state index in [1.807, 2.05) is 19.0 Å². The molecule has 1 aliphatic heterocycles. The third-order valence-corrected chi connectivity index (χ3v) is 8.78. The highest BCUT2D eigenvalue weighted by atomic mass is 35.5. The summed E-state index contributed by atoms with van der Waals surface area (Å²) in [4.78, 5) is 20.9. The van der Waals surface area contributed by atoms with Crippen LogP contribution >= 0.6 is 34.5 Å². The minimum atomic E-state index is -3.82. The Labute approximate surface area is 188 Å². The molecule has 0 radical (unpaired) electrons. The van der Waals surface area contributed by atoms with E-state index in [9.17, 15) is 13.2 Å². The van der Waals surface area contributed by atoms with Crippen LogP contribution in [0.4, 0.5) is 0 Å². The lowest BCUT2D eigenvalue weighted by Crippen LogP contribution is -2.36. The van der Waals surface area contributed by atoms with Crippen molar-refractivity contribution < 1.29 is 8.42 Å². The first-order valence-corrected chi connectivity index (χ1v) is 12.3. The Balaban J connectivity index is 1.70. The van der Waals surface area contributed by atoms with Crippen molar-refractivity contribution in [3.63, 3.8) is 0 Å². The lowest BCUT2D eigenvalue weighted by molar-refractivity contribution is 0.380. The fraction of sp³-hybridized carbons (Fsp3) is 0.368. The van der Waals surface area contributed by atoms with Crippen LogP contribution in [0.3, 0.4) is 0 Å². The molecule has 30 heavy (non-hydrogen) atoms. The van der Waals surface area contributed by atoms with Gasteiger partial charge in [-0.2, -0.15) is 4.31 Å². The first kappa shape index (κ1) is 21.7. The molecule has 0 bridgehead atoms. The van der Waals surface area contributed by atoms with Gasteiger partial charge in [-0.3, -0.25) is 9.36 Å². The molecule has 2 aromatic heterocycles. The predicted molar refractivity (Wildman–Crippen MR) is 120 cm³/mol. The Bertz CT molecular complexity index is 1280. The van der Waals surface area contributed by atoms with Crippen LogP contribution in [-0.2, 0) is 29.5 Å². The number of rotatable bonds is 5. The van der Waals surface area contributed by atoms with Gasteiger partial charge in [-0.25, -0.2) is 13.4 Å². The summed E-state index contributed by atoms with van der Waals surface area (Å²) >= 11 is 13.5. The van der Waals surface area contributed by atoms with Crippen molar-refractivity contribution in [2.45, 2.75) is 24.4 Å². The number of nitrogens with zero attached hydrogens (tertiary/aromatic N) is 4. The molecule has 0 amide bonds. The molecule has 0 fully saturated rings. The van der Waals surface area contributed by atoms with E-state index in [1.54, 1.807) is 17.0 Å². The minimum Gasteiger partial charge on any atom is -0.308 e. The second-order valence-corrected chi connectivity index (χ2v) is 11.2. The number of fused-ring (bicyclic) bond motifs is 3. The van der Waals surface area contributed by atoms with Crippen LogP contribution in [0, 0.1) is 0 Å². The van der Waals surface area contributed by atoms with E-state index < -0.39 is 10.0 Å². The van der Waals surface area contributed by atoms with E-state index >= 15 is 0 Å². The third kappa shape index (κ3) is 3.90. The molecule has 7 nitrogen and oxygen atoms in total. The average Bonchev–Trinajstić information content (AvgIpc) is 3.07. The van der Waals surface area contributed by atoms with Gasteiger partial charge in [0.05, 0.1) is 16.7 Å². The molecular weight excluding hydrogens is 467 g/mol. The molecule has 4 rings (SSSR count). The molecule has 160 valence electrons. The Kier molecular flexibility index (Phi) is 5.95. The van der Waals surface area contributed by atoms with Gasteiger partial charge in [-0.15, -0.1) is 11.3 Å². The number of aromatic nitrogens is 2. The lowest BCUT2D eigenvalue weighted by Gasteiger charge is -2.26. The Morgan fingerprint density at radius 3 is 2.77 bits per heavy atom. The standard InChI is InChI=1S/C19H20Cl2N4O3S2/c1-23(2)7-8-24-11-22-18-17(19(24)26)13-5-6-25(10-15(13)29-18)30(27,28)16-9-12(20)3-4-14(16)21/h3-4,9,11H,5-8,10H2,1-2H3. The lowest BCUT2D eigenvalue weighted by atomic mass is 10.1. The second kappa shape index (κ2) is 8.22.